The summed E-state index contributed by atoms with van der Waals surface area (Å²) in [5.41, 5.74) is 0.295. The van der Waals surface area contributed by atoms with Crippen molar-refractivity contribution in [2.75, 3.05) is 13.1 Å². The summed E-state index contributed by atoms with van der Waals surface area (Å²) < 4.78 is 54.1. The van der Waals surface area contributed by atoms with Crippen LogP contribution in [0.3, 0.4) is 0 Å². The van der Waals surface area contributed by atoms with Crippen LogP contribution in [0.15, 0.2) is 23.1 Å². The predicted molar refractivity (Wildman–Crippen MR) is 109 cm³/mol. The summed E-state index contributed by atoms with van der Waals surface area (Å²) in [6.45, 7) is 7.10. The minimum Gasteiger partial charge on any atom is -0.353 e. The van der Waals surface area contributed by atoms with Crippen LogP contribution < -0.4 is 5.32 Å². The van der Waals surface area contributed by atoms with Gasteiger partial charge in [-0.3, -0.25) is 4.79 Å². The highest BCUT2D eigenvalue weighted by Crippen LogP contribution is 2.65. The molecule has 166 valence electrons. The fourth-order valence-corrected chi connectivity index (χ4v) is 7.43. The van der Waals surface area contributed by atoms with Gasteiger partial charge in [0.25, 0.3) is 0 Å². The molecule has 3 atom stereocenters. The molecule has 1 aromatic carbocycles. The highest BCUT2D eigenvalue weighted by molar-refractivity contribution is 7.89. The SMILES string of the molecule is CC1(C)C2CCC1(C)C(NC(=O)C1CCN(S(=O)(=O)c3cc(F)ccc3F)CC1)C2. The molecule has 4 rings (SSSR count). The van der Waals surface area contributed by atoms with Crippen molar-refractivity contribution >= 4 is 15.9 Å². The lowest BCUT2D eigenvalue weighted by molar-refractivity contribution is -0.127. The van der Waals surface area contributed by atoms with E-state index in [4.69, 9.17) is 0 Å². The van der Waals surface area contributed by atoms with Crippen LogP contribution in [0, 0.1) is 34.3 Å². The first kappa shape index (κ1) is 21.7. The first-order valence-electron chi connectivity index (χ1n) is 10.7. The average Bonchev–Trinajstić information content (AvgIpc) is 3.03. The van der Waals surface area contributed by atoms with Crippen molar-refractivity contribution in [1.29, 1.82) is 0 Å². The maximum Gasteiger partial charge on any atom is 0.246 e. The van der Waals surface area contributed by atoms with E-state index >= 15 is 0 Å². The first-order valence-corrected chi connectivity index (χ1v) is 12.2. The third-order valence-electron chi connectivity index (χ3n) is 8.45. The molecule has 0 radical (unpaired) electrons. The van der Waals surface area contributed by atoms with Gasteiger partial charge >= 0.3 is 0 Å². The van der Waals surface area contributed by atoms with Crippen molar-refractivity contribution in [3.63, 3.8) is 0 Å². The Morgan fingerprint density at radius 2 is 1.80 bits per heavy atom. The van der Waals surface area contributed by atoms with Gasteiger partial charge < -0.3 is 5.32 Å². The summed E-state index contributed by atoms with van der Waals surface area (Å²) in [4.78, 5) is 12.3. The number of halogens is 2. The van der Waals surface area contributed by atoms with Crippen LogP contribution in [-0.4, -0.2) is 37.8 Å². The lowest BCUT2D eigenvalue weighted by atomic mass is 9.69. The van der Waals surface area contributed by atoms with Crippen LogP contribution in [0.2, 0.25) is 0 Å². The molecule has 0 aromatic heterocycles. The van der Waals surface area contributed by atoms with Crippen LogP contribution in [0.5, 0.6) is 0 Å². The number of sulfonamides is 1. The molecule has 1 heterocycles. The first-order chi connectivity index (χ1) is 14.0. The molecule has 1 amide bonds. The van der Waals surface area contributed by atoms with Gasteiger partial charge in [0.05, 0.1) is 0 Å². The van der Waals surface area contributed by atoms with Crippen molar-refractivity contribution in [2.24, 2.45) is 22.7 Å². The second kappa shape index (κ2) is 7.26. The highest BCUT2D eigenvalue weighted by Gasteiger charge is 2.61. The maximum absolute atomic E-state index is 14.0. The van der Waals surface area contributed by atoms with Gasteiger partial charge in [0.15, 0.2) is 0 Å². The zero-order valence-electron chi connectivity index (χ0n) is 17.7. The predicted octanol–water partition coefficient (Wildman–Crippen LogP) is 3.70. The molecular weight excluding hydrogens is 410 g/mol. The minimum atomic E-state index is -4.13. The van der Waals surface area contributed by atoms with Crippen LogP contribution in [-0.2, 0) is 14.8 Å². The number of hydrogen-bond donors (Lipinski definition) is 1. The Bertz CT molecular complexity index is 957. The van der Waals surface area contributed by atoms with Crippen LogP contribution in [0.25, 0.3) is 0 Å². The Labute approximate surface area is 177 Å². The summed E-state index contributed by atoms with van der Waals surface area (Å²) in [6, 6.07) is 2.57. The lowest BCUT2D eigenvalue weighted by Gasteiger charge is -2.40. The van der Waals surface area contributed by atoms with E-state index in [1.807, 2.05) is 0 Å². The fourth-order valence-electron chi connectivity index (χ4n) is 5.88. The smallest absolute Gasteiger partial charge is 0.246 e. The molecule has 1 saturated heterocycles. The number of benzene rings is 1. The molecular formula is C22H30F2N2O3S. The van der Waals surface area contributed by atoms with E-state index in [-0.39, 0.29) is 41.8 Å². The summed E-state index contributed by atoms with van der Waals surface area (Å²) in [5, 5.41) is 3.26. The van der Waals surface area contributed by atoms with Gasteiger partial charge in [-0.15, -0.1) is 0 Å². The number of rotatable bonds is 4. The normalized spacial score (nSPS) is 31.8. The van der Waals surface area contributed by atoms with Gasteiger partial charge in [-0.2, -0.15) is 4.31 Å². The van der Waals surface area contributed by atoms with E-state index in [1.54, 1.807) is 0 Å². The number of piperidine rings is 1. The minimum absolute atomic E-state index is 0.0152. The van der Waals surface area contributed by atoms with E-state index in [9.17, 15) is 22.0 Å². The average molecular weight is 441 g/mol. The molecule has 3 unspecified atom stereocenters. The van der Waals surface area contributed by atoms with E-state index in [2.05, 4.69) is 26.1 Å². The maximum atomic E-state index is 14.0. The summed E-state index contributed by atoms with van der Waals surface area (Å²) >= 11 is 0. The molecule has 2 saturated carbocycles. The number of carbonyl (C=O) groups is 1. The standard InChI is InChI=1S/C22H30F2N2O3S/c1-21(2)15-6-9-22(21,3)19(12-15)25-20(27)14-7-10-26(11-8-14)30(28,29)18-13-16(23)4-5-17(18)24/h4-5,13-15,19H,6-12H2,1-3H3,(H,25,27). The van der Waals surface area contributed by atoms with Gasteiger partial charge in [-0.05, 0) is 67.1 Å². The lowest BCUT2D eigenvalue weighted by Crippen LogP contribution is -2.50. The molecule has 1 N–H and O–H groups in total. The van der Waals surface area contributed by atoms with E-state index < -0.39 is 26.6 Å². The van der Waals surface area contributed by atoms with E-state index in [1.165, 1.54) is 6.42 Å². The zero-order valence-corrected chi connectivity index (χ0v) is 18.6. The number of carbonyl (C=O) groups excluding carboxylic acids is 1. The van der Waals surface area contributed by atoms with Crippen molar-refractivity contribution in [1.82, 2.24) is 9.62 Å². The van der Waals surface area contributed by atoms with E-state index in [0.717, 1.165) is 29.3 Å². The highest BCUT2D eigenvalue weighted by atomic mass is 32.2. The molecule has 1 aliphatic heterocycles. The van der Waals surface area contributed by atoms with Crippen LogP contribution in [0.4, 0.5) is 8.78 Å². The van der Waals surface area contributed by atoms with Gasteiger partial charge in [0.2, 0.25) is 15.9 Å². The van der Waals surface area contributed by atoms with Gasteiger partial charge in [0.1, 0.15) is 16.5 Å². The van der Waals surface area contributed by atoms with Gasteiger partial charge in [-0.25, -0.2) is 17.2 Å². The Morgan fingerprint density at radius 3 is 2.37 bits per heavy atom. The molecule has 2 bridgehead atoms. The van der Waals surface area contributed by atoms with Crippen LogP contribution in [0.1, 0.15) is 52.9 Å². The van der Waals surface area contributed by atoms with Crippen molar-refractivity contribution in [3.05, 3.63) is 29.8 Å². The Kier molecular flexibility index (Phi) is 5.25. The molecule has 2 aliphatic carbocycles. The second-order valence-electron chi connectivity index (χ2n) is 9.92. The molecule has 3 aliphatic rings. The molecule has 1 aromatic rings. The summed E-state index contributed by atoms with van der Waals surface area (Å²) in [6.07, 6.45) is 4.08. The van der Waals surface area contributed by atoms with Crippen molar-refractivity contribution < 1.29 is 22.0 Å². The monoisotopic (exact) mass is 440 g/mol. The molecule has 5 nitrogen and oxygen atoms in total. The Morgan fingerprint density at radius 1 is 1.13 bits per heavy atom. The Balaban J connectivity index is 1.39. The largest absolute Gasteiger partial charge is 0.353 e. The number of nitrogens with zero attached hydrogens (tertiary/aromatic N) is 1. The topological polar surface area (TPSA) is 66.5 Å². The molecule has 3 fully saturated rings. The van der Waals surface area contributed by atoms with E-state index in [0.29, 0.717) is 24.8 Å². The molecule has 30 heavy (non-hydrogen) atoms. The summed E-state index contributed by atoms with van der Waals surface area (Å²) in [7, 11) is -4.13. The third kappa shape index (κ3) is 3.27. The zero-order chi connectivity index (χ0) is 21.9. The number of nitrogens with one attached hydrogen (secondary N) is 1. The van der Waals surface area contributed by atoms with Gasteiger partial charge in [-0.1, -0.05) is 20.8 Å². The number of amides is 1. The molecule has 8 heteroatoms. The number of fused-ring (bicyclic) bond motifs is 2. The third-order valence-corrected chi connectivity index (χ3v) is 10.4. The second-order valence-corrected chi connectivity index (χ2v) is 11.8. The molecule has 0 spiro atoms. The Hall–Kier alpha value is -1.54. The number of hydrogen-bond acceptors (Lipinski definition) is 3. The van der Waals surface area contributed by atoms with Crippen LogP contribution >= 0.6 is 0 Å². The fraction of sp³-hybridized carbons (Fsp3) is 0.682. The van der Waals surface area contributed by atoms with Crippen molar-refractivity contribution in [2.45, 2.75) is 63.8 Å². The van der Waals surface area contributed by atoms with Gasteiger partial charge in [0, 0.05) is 25.0 Å². The quantitative estimate of drug-likeness (QED) is 0.777. The summed E-state index contributed by atoms with van der Waals surface area (Å²) in [5.74, 6) is -1.42. The van der Waals surface area contributed by atoms with Crippen molar-refractivity contribution in [3.8, 4) is 0 Å².